The number of likely N-dealkylation sites (tertiary alicyclic amines) is 1. The van der Waals surface area contributed by atoms with Crippen LogP contribution in [0.3, 0.4) is 0 Å². The molecule has 1 unspecified atom stereocenters. The molecule has 0 spiro atoms. The summed E-state index contributed by atoms with van der Waals surface area (Å²) in [6.07, 6.45) is 5.24. The number of guanidine groups is 1. The Morgan fingerprint density at radius 3 is 2.21 bits per heavy atom. The van der Waals surface area contributed by atoms with Gasteiger partial charge in [0.15, 0.2) is 15.8 Å². The predicted octanol–water partition coefficient (Wildman–Crippen LogP) is 2.98. The molecule has 28 heavy (non-hydrogen) atoms. The molecule has 1 N–H and O–H groups in total. The number of aliphatic imine (C=N–C) groups is 1. The molecule has 0 saturated carbocycles. The van der Waals surface area contributed by atoms with E-state index in [1.54, 1.807) is 0 Å². The summed E-state index contributed by atoms with van der Waals surface area (Å²) in [4.78, 5) is 9.72. The first-order chi connectivity index (χ1) is 12.7. The maximum absolute atomic E-state index is 12.3. The molecule has 0 aromatic carbocycles. The SMILES string of the molecule is CCNC(=NCC(C(C)C)N1CCCCCC1)N1CCS(=O)(=O)C(C)(C)C1.I. The van der Waals surface area contributed by atoms with Gasteiger partial charge in [0.25, 0.3) is 0 Å². The Hall–Kier alpha value is -0.0900. The minimum Gasteiger partial charge on any atom is -0.357 e. The van der Waals surface area contributed by atoms with E-state index in [1.807, 2.05) is 13.8 Å². The molecule has 8 heteroatoms. The molecule has 2 aliphatic heterocycles. The lowest BCUT2D eigenvalue weighted by Gasteiger charge is -2.39. The number of hydrogen-bond acceptors (Lipinski definition) is 4. The summed E-state index contributed by atoms with van der Waals surface area (Å²) in [6, 6.07) is 0.443. The zero-order valence-electron chi connectivity index (χ0n) is 18.4. The van der Waals surface area contributed by atoms with Crippen molar-refractivity contribution in [3.05, 3.63) is 0 Å². The molecule has 166 valence electrons. The second kappa shape index (κ2) is 11.3. The molecule has 0 aromatic heterocycles. The van der Waals surface area contributed by atoms with Crippen molar-refractivity contribution in [2.75, 3.05) is 45.0 Å². The first-order valence-electron chi connectivity index (χ1n) is 10.7. The smallest absolute Gasteiger partial charge is 0.194 e. The number of hydrogen-bond donors (Lipinski definition) is 1. The predicted molar refractivity (Wildman–Crippen MR) is 129 cm³/mol. The fraction of sp³-hybridized carbons (Fsp3) is 0.950. The van der Waals surface area contributed by atoms with Crippen molar-refractivity contribution in [3.8, 4) is 0 Å². The van der Waals surface area contributed by atoms with Crippen LogP contribution in [-0.4, -0.2) is 80.0 Å². The molecule has 0 bridgehead atoms. The Morgan fingerprint density at radius 2 is 1.71 bits per heavy atom. The Bertz CT molecular complexity index is 599. The topological polar surface area (TPSA) is 65.0 Å². The van der Waals surface area contributed by atoms with Gasteiger partial charge in [-0.25, -0.2) is 8.42 Å². The van der Waals surface area contributed by atoms with Crippen LogP contribution in [0.2, 0.25) is 0 Å². The first-order valence-corrected chi connectivity index (χ1v) is 12.3. The van der Waals surface area contributed by atoms with E-state index in [-0.39, 0.29) is 29.7 Å². The van der Waals surface area contributed by atoms with E-state index >= 15 is 0 Å². The van der Waals surface area contributed by atoms with Crippen LogP contribution in [-0.2, 0) is 9.84 Å². The van der Waals surface area contributed by atoms with Gasteiger partial charge < -0.3 is 10.2 Å². The van der Waals surface area contributed by atoms with Gasteiger partial charge in [-0.2, -0.15) is 0 Å². The van der Waals surface area contributed by atoms with E-state index in [9.17, 15) is 8.42 Å². The van der Waals surface area contributed by atoms with Crippen LogP contribution in [0.4, 0.5) is 0 Å². The molecule has 1 atom stereocenters. The summed E-state index contributed by atoms with van der Waals surface area (Å²) < 4.78 is 23.9. The number of nitrogens with zero attached hydrogens (tertiary/aromatic N) is 3. The van der Waals surface area contributed by atoms with Gasteiger partial charge in [-0.15, -0.1) is 24.0 Å². The van der Waals surface area contributed by atoms with Crippen molar-refractivity contribution in [1.29, 1.82) is 0 Å². The third-order valence-corrected chi connectivity index (χ3v) is 8.52. The van der Waals surface area contributed by atoms with Crippen LogP contribution in [0.15, 0.2) is 4.99 Å². The van der Waals surface area contributed by atoms with Crippen molar-refractivity contribution >= 4 is 39.8 Å². The van der Waals surface area contributed by atoms with Gasteiger partial charge in [0, 0.05) is 25.7 Å². The molecular formula is C20H41IN4O2S. The molecule has 2 fully saturated rings. The summed E-state index contributed by atoms with van der Waals surface area (Å²) in [7, 11) is -3.04. The molecule has 6 nitrogen and oxygen atoms in total. The molecular weight excluding hydrogens is 487 g/mol. The summed E-state index contributed by atoms with van der Waals surface area (Å²) in [5.41, 5.74) is 0. The quantitative estimate of drug-likeness (QED) is 0.338. The van der Waals surface area contributed by atoms with Gasteiger partial charge >= 0.3 is 0 Å². The fourth-order valence-corrected chi connectivity index (χ4v) is 5.47. The highest BCUT2D eigenvalue weighted by molar-refractivity contribution is 14.0. The Kier molecular flexibility index (Phi) is 10.5. The maximum Gasteiger partial charge on any atom is 0.194 e. The van der Waals surface area contributed by atoms with E-state index in [4.69, 9.17) is 4.99 Å². The minimum absolute atomic E-state index is 0. The number of sulfone groups is 1. The van der Waals surface area contributed by atoms with Gasteiger partial charge in [-0.3, -0.25) is 9.89 Å². The average molecular weight is 529 g/mol. The second-order valence-electron chi connectivity index (χ2n) is 8.96. The van der Waals surface area contributed by atoms with Gasteiger partial charge in [0.1, 0.15) is 0 Å². The summed E-state index contributed by atoms with van der Waals surface area (Å²) in [5.74, 6) is 1.61. The highest BCUT2D eigenvalue weighted by atomic mass is 127. The lowest BCUT2D eigenvalue weighted by Crippen LogP contribution is -2.57. The van der Waals surface area contributed by atoms with E-state index in [1.165, 1.54) is 38.8 Å². The van der Waals surface area contributed by atoms with E-state index in [2.05, 4.69) is 35.9 Å². The molecule has 0 aliphatic carbocycles. The van der Waals surface area contributed by atoms with Crippen molar-refractivity contribution in [2.24, 2.45) is 10.9 Å². The maximum atomic E-state index is 12.3. The van der Waals surface area contributed by atoms with Crippen LogP contribution in [0.5, 0.6) is 0 Å². The standard InChI is InChI=1S/C20H40N4O2S.HI/c1-6-21-19(24-13-14-27(25,26)20(4,5)16-24)22-15-18(17(2)3)23-11-9-7-8-10-12-23;/h17-18H,6-16H2,1-5H3,(H,21,22);1H. The summed E-state index contributed by atoms with van der Waals surface area (Å²) >= 11 is 0. The largest absolute Gasteiger partial charge is 0.357 e. The summed E-state index contributed by atoms with van der Waals surface area (Å²) in [6.45, 7) is 15.2. The zero-order valence-corrected chi connectivity index (χ0v) is 21.6. The van der Waals surface area contributed by atoms with Crippen molar-refractivity contribution < 1.29 is 8.42 Å². The molecule has 2 saturated heterocycles. The molecule has 2 rings (SSSR count). The van der Waals surface area contributed by atoms with Crippen molar-refractivity contribution in [1.82, 2.24) is 15.1 Å². The Labute approximate surface area is 189 Å². The third kappa shape index (κ3) is 6.72. The Morgan fingerprint density at radius 1 is 1.11 bits per heavy atom. The van der Waals surface area contributed by atoms with E-state index in [0.29, 0.717) is 25.0 Å². The van der Waals surface area contributed by atoms with Crippen molar-refractivity contribution in [2.45, 2.75) is 71.1 Å². The average Bonchev–Trinajstić information content (AvgIpc) is 2.86. The van der Waals surface area contributed by atoms with Crippen LogP contribution < -0.4 is 5.32 Å². The third-order valence-electron chi connectivity index (χ3n) is 5.99. The fourth-order valence-electron chi connectivity index (χ4n) is 4.11. The molecule has 0 amide bonds. The monoisotopic (exact) mass is 528 g/mol. The highest BCUT2D eigenvalue weighted by Gasteiger charge is 2.41. The second-order valence-corrected chi connectivity index (χ2v) is 11.7. The summed E-state index contributed by atoms with van der Waals surface area (Å²) in [5, 5.41) is 3.39. The van der Waals surface area contributed by atoms with E-state index in [0.717, 1.165) is 19.0 Å². The number of rotatable bonds is 5. The Balaban J connectivity index is 0.00000392. The minimum atomic E-state index is -3.04. The lowest BCUT2D eigenvalue weighted by atomic mass is 10.0. The zero-order chi connectivity index (χ0) is 20.1. The molecule has 2 aliphatic rings. The first kappa shape index (κ1) is 25.9. The van der Waals surface area contributed by atoms with Gasteiger partial charge in [0.05, 0.1) is 17.0 Å². The van der Waals surface area contributed by atoms with Gasteiger partial charge in [-0.05, 0) is 52.6 Å². The van der Waals surface area contributed by atoms with Gasteiger partial charge in [0.2, 0.25) is 0 Å². The number of halogens is 1. The van der Waals surface area contributed by atoms with Crippen LogP contribution in [0.1, 0.15) is 60.3 Å². The van der Waals surface area contributed by atoms with Crippen LogP contribution in [0.25, 0.3) is 0 Å². The molecule has 0 aromatic rings. The lowest BCUT2D eigenvalue weighted by molar-refractivity contribution is 0.165. The molecule has 0 radical (unpaired) electrons. The number of nitrogens with one attached hydrogen (secondary N) is 1. The van der Waals surface area contributed by atoms with Crippen LogP contribution >= 0.6 is 24.0 Å². The van der Waals surface area contributed by atoms with Crippen molar-refractivity contribution in [3.63, 3.8) is 0 Å². The normalized spacial score (nSPS) is 24.4. The molecule has 2 heterocycles. The highest BCUT2D eigenvalue weighted by Crippen LogP contribution is 2.24. The van der Waals surface area contributed by atoms with Gasteiger partial charge in [-0.1, -0.05) is 26.7 Å². The van der Waals surface area contributed by atoms with Crippen LogP contribution in [0, 0.1) is 5.92 Å². The van der Waals surface area contributed by atoms with E-state index < -0.39 is 14.6 Å².